The highest BCUT2D eigenvalue weighted by Crippen LogP contribution is 2.35. The Balaban J connectivity index is 1.27. The van der Waals surface area contributed by atoms with Crippen LogP contribution in [0.15, 0.2) is 53.3 Å². The number of piperidine rings is 1. The summed E-state index contributed by atoms with van der Waals surface area (Å²) < 4.78 is 20.2. The second-order valence-electron chi connectivity index (χ2n) is 11.3. The van der Waals surface area contributed by atoms with Crippen LogP contribution in [0.25, 0.3) is 11.2 Å². The van der Waals surface area contributed by atoms with Gasteiger partial charge in [0.1, 0.15) is 11.5 Å². The molecule has 2 aliphatic rings. The summed E-state index contributed by atoms with van der Waals surface area (Å²) in [7, 11) is 3.04. The first kappa shape index (κ1) is 29.0. The van der Waals surface area contributed by atoms with Gasteiger partial charge in [0.25, 0.3) is 5.56 Å². The third-order valence-electron chi connectivity index (χ3n) is 8.22. The first-order valence-electron chi connectivity index (χ1n) is 14.5. The van der Waals surface area contributed by atoms with E-state index in [1.54, 1.807) is 19.2 Å². The van der Waals surface area contributed by atoms with Gasteiger partial charge in [0.2, 0.25) is 5.95 Å². The molecule has 12 heteroatoms. The van der Waals surface area contributed by atoms with Crippen LogP contribution in [0.3, 0.4) is 0 Å². The lowest BCUT2D eigenvalue weighted by molar-refractivity contribution is -0.150. The maximum Gasteiger partial charge on any atom is 0.308 e. The maximum absolute atomic E-state index is 13.8. The van der Waals surface area contributed by atoms with Gasteiger partial charge < -0.3 is 24.8 Å². The summed E-state index contributed by atoms with van der Waals surface area (Å²) in [6.07, 6.45) is 3.38. The SMILES string of the molecule is COC(=O)C1CC(COc2cccc(Oc3nc4nc(N5CCC[C@@H](N)C5)n(Cc5ccccc5Cl)c4c(=O)n3C)c2)C1. The molecule has 0 amide bonds. The van der Waals surface area contributed by atoms with Gasteiger partial charge in [-0.15, -0.1) is 0 Å². The number of carbonyl (C=O) groups is 1. The Morgan fingerprint density at radius 2 is 1.91 bits per heavy atom. The van der Waals surface area contributed by atoms with Crippen molar-refractivity contribution < 1.29 is 19.0 Å². The molecule has 1 atom stereocenters. The van der Waals surface area contributed by atoms with Gasteiger partial charge in [0.15, 0.2) is 11.2 Å². The quantitative estimate of drug-likeness (QED) is 0.280. The molecule has 2 fully saturated rings. The van der Waals surface area contributed by atoms with Crippen LogP contribution < -0.4 is 25.7 Å². The number of hydrogen-bond donors (Lipinski definition) is 1. The van der Waals surface area contributed by atoms with Gasteiger partial charge in [0.05, 0.1) is 26.2 Å². The maximum atomic E-state index is 13.8. The molecule has 3 heterocycles. The minimum absolute atomic E-state index is 0.0186. The molecule has 2 aromatic heterocycles. The van der Waals surface area contributed by atoms with E-state index in [-0.39, 0.29) is 35.1 Å². The van der Waals surface area contributed by atoms with Crippen LogP contribution in [-0.4, -0.2) is 57.9 Å². The Morgan fingerprint density at radius 1 is 1.12 bits per heavy atom. The number of benzene rings is 2. The Bertz CT molecular complexity index is 1700. The van der Waals surface area contributed by atoms with Crippen LogP contribution in [0.1, 0.15) is 31.2 Å². The Morgan fingerprint density at radius 3 is 2.67 bits per heavy atom. The molecule has 1 aliphatic carbocycles. The molecule has 2 aromatic carbocycles. The molecule has 11 nitrogen and oxygen atoms in total. The number of nitrogens with zero attached hydrogens (tertiary/aromatic N) is 5. The minimum Gasteiger partial charge on any atom is -0.493 e. The topological polar surface area (TPSA) is 127 Å². The van der Waals surface area contributed by atoms with Crippen molar-refractivity contribution in [2.24, 2.45) is 24.6 Å². The average molecular weight is 607 g/mol. The standard InChI is InChI=1S/C31H35ClN6O5/c1-36-28(39)26-27(34-30(37-12-6-8-22(33)17-37)38(26)16-20-7-3-4-11-25(20)32)35-31(36)43-24-10-5-9-23(15-24)42-18-19-13-21(14-19)29(40)41-2/h3-5,7,9-11,15,19,21-22H,6,8,12-14,16-18,33H2,1-2H3/t19?,21?,22-/m1/s1. The lowest BCUT2D eigenvalue weighted by Gasteiger charge is -2.32. The number of esters is 1. The van der Waals surface area contributed by atoms with Crippen molar-refractivity contribution in [1.82, 2.24) is 19.1 Å². The molecule has 1 saturated carbocycles. The van der Waals surface area contributed by atoms with E-state index in [1.165, 1.54) is 11.7 Å². The lowest BCUT2D eigenvalue weighted by Crippen LogP contribution is -2.44. The number of fused-ring (bicyclic) bond motifs is 1. The fraction of sp³-hybridized carbons (Fsp3) is 0.419. The smallest absolute Gasteiger partial charge is 0.308 e. The van der Waals surface area contributed by atoms with Crippen molar-refractivity contribution >= 4 is 34.7 Å². The number of ether oxygens (including phenoxy) is 3. The molecule has 4 aromatic rings. The highest BCUT2D eigenvalue weighted by atomic mass is 35.5. The molecule has 43 heavy (non-hydrogen) atoms. The van der Waals surface area contributed by atoms with E-state index in [0.717, 1.165) is 37.8 Å². The van der Waals surface area contributed by atoms with Crippen molar-refractivity contribution in [2.45, 2.75) is 38.3 Å². The highest BCUT2D eigenvalue weighted by Gasteiger charge is 2.35. The van der Waals surface area contributed by atoms with E-state index in [4.69, 9.17) is 36.5 Å². The van der Waals surface area contributed by atoms with E-state index in [0.29, 0.717) is 53.6 Å². The summed E-state index contributed by atoms with van der Waals surface area (Å²) in [4.78, 5) is 37.1. The number of nitrogens with two attached hydrogens (primary N) is 1. The van der Waals surface area contributed by atoms with E-state index >= 15 is 0 Å². The molecule has 0 radical (unpaired) electrons. The van der Waals surface area contributed by atoms with E-state index in [9.17, 15) is 9.59 Å². The van der Waals surface area contributed by atoms with Crippen molar-refractivity contribution in [3.8, 4) is 17.5 Å². The minimum atomic E-state index is -0.287. The number of methoxy groups -OCH3 is 1. The molecule has 6 rings (SSSR count). The Labute approximate surface area is 254 Å². The summed E-state index contributed by atoms with van der Waals surface area (Å²) in [6.45, 7) is 2.26. The van der Waals surface area contributed by atoms with Crippen LogP contribution in [0, 0.1) is 11.8 Å². The predicted octanol–water partition coefficient (Wildman–Crippen LogP) is 4.13. The largest absolute Gasteiger partial charge is 0.493 e. The molecule has 0 unspecified atom stereocenters. The molecule has 1 aliphatic heterocycles. The van der Waals surface area contributed by atoms with Crippen molar-refractivity contribution in [2.75, 3.05) is 31.7 Å². The summed E-state index contributed by atoms with van der Waals surface area (Å²) in [5, 5.41) is 0.609. The van der Waals surface area contributed by atoms with Gasteiger partial charge in [-0.25, -0.2) is 0 Å². The van der Waals surface area contributed by atoms with Crippen molar-refractivity contribution in [1.29, 1.82) is 0 Å². The van der Waals surface area contributed by atoms with Gasteiger partial charge >= 0.3 is 12.0 Å². The highest BCUT2D eigenvalue weighted by molar-refractivity contribution is 6.31. The van der Waals surface area contributed by atoms with Crippen LogP contribution in [0.2, 0.25) is 5.02 Å². The van der Waals surface area contributed by atoms with Crippen LogP contribution in [0.4, 0.5) is 5.95 Å². The average Bonchev–Trinajstić information content (AvgIpc) is 3.34. The number of hydrogen-bond acceptors (Lipinski definition) is 9. The van der Waals surface area contributed by atoms with E-state index in [2.05, 4.69) is 9.88 Å². The number of anilines is 1. The van der Waals surface area contributed by atoms with Crippen LogP contribution in [-0.2, 0) is 23.1 Å². The van der Waals surface area contributed by atoms with Gasteiger partial charge in [-0.2, -0.15) is 9.97 Å². The van der Waals surface area contributed by atoms with Crippen LogP contribution >= 0.6 is 11.6 Å². The van der Waals surface area contributed by atoms with Gasteiger partial charge in [-0.05, 0) is 55.4 Å². The third-order valence-corrected chi connectivity index (χ3v) is 8.59. The summed E-state index contributed by atoms with van der Waals surface area (Å²) >= 11 is 6.51. The summed E-state index contributed by atoms with van der Waals surface area (Å²) in [5.41, 5.74) is 7.54. The van der Waals surface area contributed by atoms with Gasteiger partial charge in [-0.3, -0.25) is 18.7 Å². The molecule has 0 spiro atoms. The van der Waals surface area contributed by atoms with Crippen LogP contribution in [0.5, 0.6) is 17.5 Å². The number of imidazole rings is 1. The molecule has 226 valence electrons. The normalized spacial score (nSPS) is 20.1. The molecule has 1 saturated heterocycles. The molecular formula is C31H35ClN6O5. The predicted molar refractivity (Wildman–Crippen MR) is 163 cm³/mol. The second-order valence-corrected chi connectivity index (χ2v) is 11.7. The number of rotatable bonds is 9. The monoisotopic (exact) mass is 606 g/mol. The zero-order chi connectivity index (χ0) is 30.1. The molecule has 0 bridgehead atoms. The zero-order valence-corrected chi connectivity index (χ0v) is 25.0. The third kappa shape index (κ3) is 6.05. The first-order valence-corrected chi connectivity index (χ1v) is 14.9. The summed E-state index contributed by atoms with van der Waals surface area (Å²) in [5.74, 6) is 1.81. The number of carbonyl (C=O) groups excluding carboxylic acids is 1. The Kier molecular flexibility index (Phi) is 8.27. The van der Waals surface area contributed by atoms with Gasteiger partial charge in [-0.1, -0.05) is 35.9 Å². The number of aromatic nitrogens is 4. The van der Waals surface area contributed by atoms with E-state index < -0.39 is 0 Å². The van der Waals surface area contributed by atoms with Crippen molar-refractivity contribution in [3.63, 3.8) is 0 Å². The second kappa shape index (κ2) is 12.3. The van der Waals surface area contributed by atoms with E-state index in [1.807, 2.05) is 41.0 Å². The summed E-state index contributed by atoms with van der Waals surface area (Å²) in [6, 6.07) is 14.9. The van der Waals surface area contributed by atoms with Gasteiger partial charge in [0, 0.05) is 37.3 Å². The molecule has 2 N–H and O–H groups in total. The number of halogens is 1. The zero-order valence-electron chi connectivity index (χ0n) is 24.2. The molecular weight excluding hydrogens is 572 g/mol. The fourth-order valence-corrected chi connectivity index (χ4v) is 5.97. The van der Waals surface area contributed by atoms with Crippen molar-refractivity contribution in [3.05, 3.63) is 69.5 Å². The Hall–Kier alpha value is -4.09. The first-order chi connectivity index (χ1) is 20.8. The lowest BCUT2D eigenvalue weighted by atomic mass is 9.75. The fourth-order valence-electron chi connectivity index (χ4n) is 5.78.